The molecule has 1 fully saturated rings. The molecular formula is C13H12ClNO2. The topological polar surface area (TPSA) is 38.7 Å². The second-order valence-electron chi connectivity index (χ2n) is 4.63. The SMILES string of the molecule is O=C=NC1(c2cc(Cl)c3c(c2)CCO3)CCC1. The Bertz CT molecular complexity index is 516. The summed E-state index contributed by atoms with van der Waals surface area (Å²) in [5.74, 6) is 0.792. The molecule has 0 bridgehead atoms. The average molecular weight is 250 g/mol. The van der Waals surface area contributed by atoms with E-state index in [4.69, 9.17) is 16.3 Å². The highest BCUT2D eigenvalue weighted by molar-refractivity contribution is 6.32. The fourth-order valence-electron chi connectivity index (χ4n) is 2.59. The number of ether oxygens (including phenoxy) is 1. The molecule has 1 heterocycles. The van der Waals surface area contributed by atoms with Crippen molar-refractivity contribution in [2.45, 2.75) is 31.2 Å². The Labute approximate surface area is 104 Å². The van der Waals surface area contributed by atoms with Gasteiger partial charge in [0.25, 0.3) is 0 Å². The van der Waals surface area contributed by atoms with Crippen LogP contribution >= 0.6 is 11.6 Å². The number of fused-ring (bicyclic) bond motifs is 1. The maximum Gasteiger partial charge on any atom is 0.235 e. The molecule has 0 spiro atoms. The van der Waals surface area contributed by atoms with Gasteiger partial charge in [0.15, 0.2) is 0 Å². The largest absolute Gasteiger partial charge is 0.491 e. The smallest absolute Gasteiger partial charge is 0.235 e. The van der Waals surface area contributed by atoms with Gasteiger partial charge in [-0.2, -0.15) is 4.99 Å². The first-order valence-electron chi connectivity index (χ1n) is 5.80. The minimum Gasteiger partial charge on any atom is -0.491 e. The van der Waals surface area contributed by atoms with Crippen LogP contribution in [0.15, 0.2) is 17.1 Å². The fourth-order valence-corrected chi connectivity index (χ4v) is 2.89. The van der Waals surface area contributed by atoms with Crippen LogP contribution in [0.1, 0.15) is 30.4 Å². The lowest BCUT2D eigenvalue weighted by molar-refractivity contribution is 0.256. The van der Waals surface area contributed by atoms with E-state index in [1.165, 1.54) is 0 Å². The minimum absolute atomic E-state index is 0.372. The number of hydrogen-bond acceptors (Lipinski definition) is 3. The van der Waals surface area contributed by atoms with E-state index in [-0.39, 0.29) is 5.54 Å². The normalized spacial score (nSPS) is 19.8. The van der Waals surface area contributed by atoms with E-state index < -0.39 is 0 Å². The third-order valence-electron chi connectivity index (χ3n) is 3.72. The molecular weight excluding hydrogens is 238 g/mol. The summed E-state index contributed by atoms with van der Waals surface area (Å²) >= 11 is 6.20. The van der Waals surface area contributed by atoms with Crippen molar-refractivity contribution in [3.05, 3.63) is 28.3 Å². The highest BCUT2D eigenvalue weighted by Gasteiger charge is 2.40. The number of hydrogen-bond donors (Lipinski definition) is 0. The van der Waals surface area contributed by atoms with Crippen molar-refractivity contribution < 1.29 is 9.53 Å². The molecule has 3 nitrogen and oxygen atoms in total. The van der Waals surface area contributed by atoms with Crippen LogP contribution in [0.4, 0.5) is 0 Å². The lowest BCUT2D eigenvalue weighted by atomic mass is 9.72. The summed E-state index contributed by atoms with van der Waals surface area (Å²) < 4.78 is 5.47. The molecule has 2 aliphatic rings. The van der Waals surface area contributed by atoms with Crippen molar-refractivity contribution in [2.75, 3.05) is 6.61 Å². The van der Waals surface area contributed by atoms with Crippen LogP contribution in [0, 0.1) is 0 Å². The molecule has 0 N–H and O–H groups in total. The summed E-state index contributed by atoms with van der Waals surface area (Å²) in [4.78, 5) is 14.5. The summed E-state index contributed by atoms with van der Waals surface area (Å²) in [5, 5.41) is 0.627. The third-order valence-corrected chi connectivity index (χ3v) is 4.00. The molecule has 1 aliphatic carbocycles. The monoisotopic (exact) mass is 249 g/mol. The Morgan fingerprint density at radius 2 is 2.24 bits per heavy atom. The van der Waals surface area contributed by atoms with Gasteiger partial charge in [0.2, 0.25) is 6.08 Å². The zero-order valence-electron chi connectivity index (χ0n) is 9.33. The number of nitrogens with zero attached hydrogens (tertiary/aromatic N) is 1. The average Bonchev–Trinajstić information content (AvgIpc) is 2.71. The molecule has 0 unspecified atom stereocenters. The Morgan fingerprint density at radius 3 is 2.88 bits per heavy atom. The van der Waals surface area contributed by atoms with Crippen molar-refractivity contribution in [2.24, 2.45) is 4.99 Å². The number of rotatable bonds is 2. The second kappa shape index (κ2) is 3.86. The summed E-state index contributed by atoms with van der Waals surface area (Å²) in [6, 6.07) is 3.96. The van der Waals surface area contributed by atoms with Crippen molar-refractivity contribution in [1.29, 1.82) is 0 Å². The molecule has 17 heavy (non-hydrogen) atoms. The van der Waals surface area contributed by atoms with E-state index in [0.717, 1.165) is 42.6 Å². The van der Waals surface area contributed by atoms with E-state index in [1.54, 1.807) is 6.08 Å². The number of carbonyl (C=O) groups excluding carboxylic acids is 1. The van der Waals surface area contributed by atoms with Gasteiger partial charge >= 0.3 is 0 Å². The van der Waals surface area contributed by atoms with Gasteiger partial charge in [-0.05, 0) is 42.5 Å². The molecule has 88 valence electrons. The van der Waals surface area contributed by atoms with Gasteiger partial charge in [-0.3, -0.25) is 0 Å². The standard InChI is InChI=1S/C13H12ClNO2/c14-11-7-10(6-9-2-5-17-12(9)11)13(15-8-16)3-1-4-13/h6-7H,1-5H2. The molecule has 0 amide bonds. The number of isocyanates is 1. The highest BCUT2D eigenvalue weighted by Crippen LogP contribution is 2.47. The van der Waals surface area contributed by atoms with Gasteiger partial charge in [0.1, 0.15) is 5.75 Å². The van der Waals surface area contributed by atoms with Gasteiger partial charge < -0.3 is 4.74 Å². The minimum atomic E-state index is -0.372. The summed E-state index contributed by atoms with van der Waals surface area (Å²) in [7, 11) is 0. The molecule has 0 saturated heterocycles. The molecule has 1 aliphatic heterocycles. The van der Waals surface area contributed by atoms with E-state index in [1.807, 2.05) is 6.07 Å². The van der Waals surface area contributed by atoms with Crippen LogP contribution < -0.4 is 4.74 Å². The molecule has 0 atom stereocenters. The van der Waals surface area contributed by atoms with Gasteiger partial charge in [-0.1, -0.05) is 11.6 Å². The number of aliphatic imine (C=N–C) groups is 1. The van der Waals surface area contributed by atoms with E-state index in [2.05, 4.69) is 11.1 Å². The van der Waals surface area contributed by atoms with Gasteiger partial charge in [0, 0.05) is 6.42 Å². The van der Waals surface area contributed by atoms with Crippen molar-refractivity contribution in [3.8, 4) is 5.75 Å². The lowest BCUT2D eigenvalue weighted by Crippen LogP contribution is -2.31. The first-order valence-corrected chi connectivity index (χ1v) is 6.18. The first kappa shape index (κ1) is 10.8. The molecule has 1 aromatic carbocycles. The number of benzene rings is 1. The molecule has 0 aromatic heterocycles. The molecule has 0 radical (unpaired) electrons. The zero-order valence-corrected chi connectivity index (χ0v) is 10.1. The van der Waals surface area contributed by atoms with E-state index in [0.29, 0.717) is 11.6 Å². The van der Waals surface area contributed by atoms with Crippen LogP contribution in [0.3, 0.4) is 0 Å². The first-order chi connectivity index (χ1) is 8.25. The maximum atomic E-state index is 10.6. The number of halogens is 1. The molecule has 4 heteroatoms. The predicted molar refractivity (Wildman–Crippen MR) is 64.3 cm³/mol. The highest BCUT2D eigenvalue weighted by atomic mass is 35.5. The Balaban J connectivity index is 2.09. The van der Waals surface area contributed by atoms with Crippen LogP contribution in [0.5, 0.6) is 5.75 Å². The summed E-state index contributed by atoms with van der Waals surface area (Å²) in [6.45, 7) is 0.683. The van der Waals surface area contributed by atoms with Crippen LogP contribution in [0.2, 0.25) is 5.02 Å². The summed E-state index contributed by atoms with van der Waals surface area (Å²) in [5.41, 5.74) is 1.78. The van der Waals surface area contributed by atoms with Crippen molar-refractivity contribution in [3.63, 3.8) is 0 Å². The van der Waals surface area contributed by atoms with Crippen molar-refractivity contribution >= 4 is 17.7 Å². The van der Waals surface area contributed by atoms with Gasteiger partial charge in [-0.25, -0.2) is 4.79 Å². The van der Waals surface area contributed by atoms with Gasteiger partial charge in [-0.15, -0.1) is 0 Å². The van der Waals surface area contributed by atoms with E-state index >= 15 is 0 Å². The second-order valence-corrected chi connectivity index (χ2v) is 5.04. The third kappa shape index (κ3) is 1.58. The Hall–Kier alpha value is -1.31. The van der Waals surface area contributed by atoms with E-state index in [9.17, 15) is 4.79 Å². The van der Waals surface area contributed by atoms with Crippen LogP contribution in [-0.4, -0.2) is 12.7 Å². The quantitative estimate of drug-likeness (QED) is 0.597. The van der Waals surface area contributed by atoms with Crippen LogP contribution in [0.25, 0.3) is 0 Å². The molecule has 1 saturated carbocycles. The Morgan fingerprint density at radius 1 is 1.41 bits per heavy atom. The zero-order chi connectivity index (χ0) is 11.9. The molecule has 1 aromatic rings. The molecule has 3 rings (SSSR count). The fraction of sp³-hybridized carbons (Fsp3) is 0.462. The maximum absolute atomic E-state index is 10.6. The van der Waals surface area contributed by atoms with Crippen molar-refractivity contribution in [1.82, 2.24) is 0 Å². The lowest BCUT2D eigenvalue weighted by Gasteiger charge is -2.37. The van der Waals surface area contributed by atoms with Crippen LogP contribution in [-0.2, 0) is 16.8 Å². The summed E-state index contributed by atoms with van der Waals surface area (Å²) in [6.07, 6.45) is 5.47. The predicted octanol–water partition coefficient (Wildman–Crippen LogP) is 2.99. The van der Waals surface area contributed by atoms with Gasteiger partial charge in [0.05, 0.1) is 17.2 Å². The Kier molecular flexibility index (Phi) is 2.46.